The molecule has 2 amide bonds. The number of nitrogens with zero attached hydrogens (tertiary/aromatic N) is 2. The van der Waals surface area contributed by atoms with E-state index in [1.165, 1.54) is 17.0 Å². The molecule has 0 saturated heterocycles. The minimum absolute atomic E-state index is 0.0734. The van der Waals surface area contributed by atoms with E-state index in [-0.39, 0.29) is 23.8 Å². The Bertz CT molecular complexity index is 1570. The predicted octanol–water partition coefficient (Wildman–Crippen LogP) is 6.20. The molecule has 43 heavy (non-hydrogen) atoms. The van der Waals surface area contributed by atoms with Gasteiger partial charge >= 0.3 is 0 Å². The zero-order chi connectivity index (χ0) is 30.7. The Balaban J connectivity index is 1.76. The average molecular weight is 663 g/mol. The van der Waals surface area contributed by atoms with E-state index in [0.717, 1.165) is 32.7 Å². The van der Waals surface area contributed by atoms with Gasteiger partial charge in [0.25, 0.3) is 10.0 Å². The Morgan fingerprint density at radius 3 is 1.98 bits per heavy atom. The number of rotatable bonds is 14. The van der Waals surface area contributed by atoms with Crippen LogP contribution in [0, 0.1) is 0 Å². The third-order valence-corrected chi connectivity index (χ3v) is 9.34. The monoisotopic (exact) mass is 661 g/mol. The summed E-state index contributed by atoms with van der Waals surface area (Å²) in [6.45, 7) is 2.17. The number of halogens is 1. The second-order valence-electron chi connectivity index (χ2n) is 10.2. The summed E-state index contributed by atoms with van der Waals surface area (Å²) in [6.07, 6.45) is 1.99. The highest BCUT2D eigenvalue weighted by atomic mass is 79.9. The third kappa shape index (κ3) is 8.78. The largest absolute Gasteiger partial charge is 0.354 e. The molecule has 9 heteroatoms. The highest BCUT2D eigenvalue weighted by Crippen LogP contribution is 2.25. The van der Waals surface area contributed by atoms with Crippen LogP contribution in [0.5, 0.6) is 0 Å². The molecule has 1 N–H and O–H groups in total. The molecule has 4 aromatic rings. The molecular formula is C34H36BrN3O4S. The van der Waals surface area contributed by atoms with Crippen LogP contribution in [0.25, 0.3) is 0 Å². The molecule has 0 aliphatic heterocycles. The van der Waals surface area contributed by atoms with E-state index in [1.807, 2.05) is 61.5 Å². The average Bonchev–Trinajstić information content (AvgIpc) is 3.03. The number of amides is 2. The molecule has 224 valence electrons. The molecule has 0 unspecified atom stereocenters. The number of unbranched alkanes of at least 4 members (excludes halogenated alkanes) is 1. The van der Waals surface area contributed by atoms with Gasteiger partial charge in [0.15, 0.2) is 0 Å². The summed E-state index contributed by atoms with van der Waals surface area (Å²) < 4.78 is 29.9. The summed E-state index contributed by atoms with van der Waals surface area (Å²) in [5.41, 5.74) is 2.06. The highest BCUT2D eigenvalue weighted by molar-refractivity contribution is 9.10. The fourth-order valence-electron chi connectivity index (χ4n) is 4.69. The number of carbonyl (C=O) groups excluding carboxylic acids is 2. The third-order valence-electron chi connectivity index (χ3n) is 7.02. The molecule has 0 saturated carbocycles. The van der Waals surface area contributed by atoms with Gasteiger partial charge in [0.2, 0.25) is 11.8 Å². The first kappa shape index (κ1) is 32.0. The minimum Gasteiger partial charge on any atom is -0.354 e. The molecule has 1 atom stereocenters. The van der Waals surface area contributed by atoms with Crippen molar-refractivity contribution in [2.24, 2.45) is 0 Å². The first-order chi connectivity index (χ1) is 20.8. The van der Waals surface area contributed by atoms with Crippen molar-refractivity contribution in [3.8, 4) is 0 Å². The van der Waals surface area contributed by atoms with Gasteiger partial charge < -0.3 is 10.2 Å². The lowest BCUT2D eigenvalue weighted by Crippen LogP contribution is -2.53. The molecule has 0 radical (unpaired) electrons. The standard InChI is InChI=1S/C34H36BrN3O4S/c1-2-3-23-36-34(40)32(24-27-13-7-4-8-14-27)37(25-28-19-21-29(35)22-20-28)33(39)26-38(30-15-9-5-10-16-30)43(41,42)31-17-11-6-12-18-31/h4-22,32H,2-3,23-26H2,1H3,(H,36,40)/t32-/m0/s1. The van der Waals surface area contributed by atoms with E-state index in [0.29, 0.717) is 12.2 Å². The first-order valence-electron chi connectivity index (χ1n) is 14.3. The van der Waals surface area contributed by atoms with Crippen LogP contribution in [0.2, 0.25) is 0 Å². The summed E-state index contributed by atoms with van der Waals surface area (Å²) >= 11 is 3.46. The van der Waals surface area contributed by atoms with Gasteiger partial charge in [-0.3, -0.25) is 13.9 Å². The highest BCUT2D eigenvalue weighted by Gasteiger charge is 2.34. The van der Waals surface area contributed by atoms with Crippen LogP contribution in [0.3, 0.4) is 0 Å². The smallest absolute Gasteiger partial charge is 0.264 e. The normalized spacial score (nSPS) is 11.9. The molecule has 4 aromatic carbocycles. The van der Waals surface area contributed by atoms with E-state index < -0.39 is 28.5 Å². The Morgan fingerprint density at radius 2 is 1.37 bits per heavy atom. The number of para-hydroxylation sites is 1. The van der Waals surface area contributed by atoms with E-state index in [4.69, 9.17) is 0 Å². The zero-order valence-electron chi connectivity index (χ0n) is 24.1. The van der Waals surface area contributed by atoms with Gasteiger partial charge in [-0.1, -0.05) is 108 Å². The van der Waals surface area contributed by atoms with Crippen LogP contribution in [-0.2, 0) is 32.6 Å². The van der Waals surface area contributed by atoms with E-state index >= 15 is 0 Å². The van der Waals surface area contributed by atoms with Crippen LogP contribution < -0.4 is 9.62 Å². The molecule has 0 aromatic heterocycles. The van der Waals surface area contributed by atoms with Crippen LogP contribution >= 0.6 is 15.9 Å². The Kier molecular flexibility index (Phi) is 11.5. The Morgan fingerprint density at radius 1 is 0.791 bits per heavy atom. The van der Waals surface area contributed by atoms with Crippen molar-refractivity contribution in [1.29, 1.82) is 0 Å². The van der Waals surface area contributed by atoms with Crippen LogP contribution in [0.4, 0.5) is 5.69 Å². The van der Waals surface area contributed by atoms with Gasteiger partial charge in [0.1, 0.15) is 12.6 Å². The summed E-state index contributed by atoms with van der Waals surface area (Å²) in [6, 6.07) is 32.8. The van der Waals surface area contributed by atoms with E-state index in [2.05, 4.69) is 21.2 Å². The molecule has 0 aliphatic rings. The maximum atomic E-state index is 14.4. The van der Waals surface area contributed by atoms with Gasteiger partial charge in [0.05, 0.1) is 10.6 Å². The van der Waals surface area contributed by atoms with Crippen LogP contribution in [0.15, 0.2) is 125 Å². The SMILES string of the molecule is CCCCNC(=O)[C@H](Cc1ccccc1)N(Cc1ccc(Br)cc1)C(=O)CN(c1ccccc1)S(=O)(=O)c1ccccc1. The quantitative estimate of drug-likeness (QED) is 0.163. The molecule has 0 aliphatic carbocycles. The number of benzene rings is 4. The number of anilines is 1. The molecule has 7 nitrogen and oxygen atoms in total. The number of carbonyl (C=O) groups is 2. The van der Waals surface area contributed by atoms with Crippen LogP contribution in [-0.4, -0.2) is 44.3 Å². The van der Waals surface area contributed by atoms with Crippen molar-refractivity contribution in [3.05, 3.63) is 131 Å². The van der Waals surface area contributed by atoms with Gasteiger partial charge in [0, 0.05) is 24.0 Å². The van der Waals surface area contributed by atoms with Gasteiger partial charge in [-0.05, 0) is 53.9 Å². The van der Waals surface area contributed by atoms with Crippen molar-refractivity contribution in [1.82, 2.24) is 10.2 Å². The van der Waals surface area contributed by atoms with Crippen molar-refractivity contribution in [2.45, 2.75) is 43.7 Å². The number of hydrogen-bond acceptors (Lipinski definition) is 4. The molecule has 0 spiro atoms. The number of nitrogens with one attached hydrogen (secondary N) is 1. The summed E-state index contributed by atoms with van der Waals surface area (Å²) in [7, 11) is -4.10. The maximum absolute atomic E-state index is 14.4. The van der Waals surface area contributed by atoms with Crippen LogP contribution in [0.1, 0.15) is 30.9 Å². The molecule has 4 rings (SSSR count). The van der Waals surface area contributed by atoms with Crippen molar-refractivity contribution >= 4 is 43.5 Å². The Hall–Kier alpha value is -3.95. The van der Waals surface area contributed by atoms with Crippen molar-refractivity contribution in [3.63, 3.8) is 0 Å². The molecule has 0 bridgehead atoms. The van der Waals surface area contributed by atoms with Gasteiger partial charge in [-0.15, -0.1) is 0 Å². The summed E-state index contributed by atoms with van der Waals surface area (Å²) in [5, 5.41) is 3.00. The maximum Gasteiger partial charge on any atom is 0.264 e. The van der Waals surface area contributed by atoms with Gasteiger partial charge in [-0.2, -0.15) is 0 Å². The van der Waals surface area contributed by atoms with Crippen molar-refractivity contribution < 1.29 is 18.0 Å². The lowest BCUT2D eigenvalue weighted by Gasteiger charge is -2.34. The fourth-order valence-corrected chi connectivity index (χ4v) is 6.39. The molecule has 0 heterocycles. The second-order valence-corrected chi connectivity index (χ2v) is 12.9. The Labute approximate surface area is 262 Å². The van der Waals surface area contributed by atoms with E-state index in [9.17, 15) is 18.0 Å². The lowest BCUT2D eigenvalue weighted by atomic mass is 10.0. The summed E-state index contributed by atoms with van der Waals surface area (Å²) in [4.78, 5) is 29.7. The van der Waals surface area contributed by atoms with Crippen molar-refractivity contribution in [2.75, 3.05) is 17.4 Å². The minimum atomic E-state index is -4.10. The molecule has 0 fully saturated rings. The lowest BCUT2D eigenvalue weighted by molar-refractivity contribution is -0.140. The fraction of sp³-hybridized carbons (Fsp3) is 0.235. The summed E-state index contributed by atoms with van der Waals surface area (Å²) in [5.74, 6) is -0.766. The number of sulfonamides is 1. The predicted molar refractivity (Wildman–Crippen MR) is 174 cm³/mol. The molecular weight excluding hydrogens is 626 g/mol. The van der Waals surface area contributed by atoms with Gasteiger partial charge in [-0.25, -0.2) is 8.42 Å². The number of hydrogen-bond donors (Lipinski definition) is 1. The topological polar surface area (TPSA) is 86.8 Å². The first-order valence-corrected chi connectivity index (χ1v) is 16.5. The second kappa shape index (κ2) is 15.5. The zero-order valence-corrected chi connectivity index (χ0v) is 26.5. The van der Waals surface area contributed by atoms with E-state index in [1.54, 1.807) is 48.5 Å².